The third-order valence-corrected chi connectivity index (χ3v) is 3.48. The molecule has 4 heteroatoms. The van der Waals surface area contributed by atoms with E-state index in [-0.39, 0.29) is 11.9 Å². The van der Waals surface area contributed by atoms with Crippen LogP contribution in [0.5, 0.6) is 0 Å². The number of benzene rings is 1. The van der Waals surface area contributed by atoms with Crippen molar-refractivity contribution in [2.45, 2.75) is 19.8 Å². The van der Waals surface area contributed by atoms with Crippen LogP contribution < -0.4 is 10.6 Å². The summed E-state index contributed by atoms with van der Waals surface area (Å²) in [6.07, 6.45) is 2.10. The summed E-state index contributed by atoms with van der Waals surface area (Å²) in [5.74, 6) is -0.284. The van der Waals surface area contributed by atoms with Gasteiger partial charge in [0.1, 0.15) is 0 Å². The second kappa shape index (κ2) is 5.29. The molecule has 0 amide bonds. The molecule has 4 nitrogen and oxygen atoms in total. The van der Waals surface area contributed by atoms with Gasteiger partial charge in [0.05, 0.1) is 13.0 Å². The minimum atomic E-state index is -0.161. The van der Waals surface area contributed by atoms with Gasteiger partial charge in [0.2, 0.25) is 0 Å². The van der Waals surface area contributed by atoms with Crippen LogP contribution in [-0.2, 0) is 16.0 Å². The lowest BCUT2D eigenvalue weighted by Crippen LogP contribution is -2.36. The number of nitrogens with two attached hydrogens (primary N) is 1. The summed E-state index contributed by atoms with van der Waals surface area (Å²) in [4.78, 5) is 13.7. The van der Waals surface area contributed by atoms with Gasteiger partial charge in [-0.15, -0.1) is 0 Å². The van der Waals surface area contributed by atoms with Gasteiger partial charge in [-0.25, -0.2) is 0 Å². The van der Waals surface area contributed by atoms with Crippen molar-refractivity contribution in [3.8, 4) is 0 Å². The number of ether oxygens (including phenoxy) is 1. The summed E-state index contributed by atoms with van der Waals surface area (Å²) < 4.78 is 4.77. The molecule has 0 aliphatic carbocycles. The van der Waals surface area contributed by atoms with E-state index < -0.39 is 0 Å². The molecule has 0 aromatic heterocycles. The molecular weight excluding hydrogens is 228 g/mol. The molecule has 1 atom stereocenters. The third kappa shape index (κ3) is 2.42. The first-order valence-electron chi connectivity index (χ1n) is 6.33. The molecule has 18 heavy (non-hydrogen) atoms. The fourth-order valence-electron chi connectivity index (χ4n) is 2.52. The highest BCUT2D eigenvalue weighted by atomic mass is 16.5. The third-order valence-electron chi connectivity index (χ3n) is 3.48. The Morgan fingerprint density at radius 1 is 1.56 bits per heavy atom. The molecule has 1 heterocycles. The predicted octanol–water partition coefficient (Wildman–Crippen LogP) is 1.83. The molecule has 0 spiro atoms. The van der Waals surface area contributed by atoms with Gasteiger partial charge in [0.25, 0.3) is 0 Å². The maximum Gasteiger partial charge on any atom is 0.310 e. The molecule has 1 unspecified atom stereocenters. The van der Waals surface area contributed by atoms with Gasteiger partial charge in [0.15, 0.2) is 0 Å². The van der Waals surface area contributed by atoms with Gasteiger partial charge >= 0.3 is 5.97 Å². The molecule has 1 aromatic rings. The molecule has 1 aromatic carbocycles. The second-order valence-electron chi connectivity index (χ2n) is 4.82. The van der Waals surface area contributed by atoms with E-state index in [0.29, 0.717) is 6.54 Å². The molecule has 0 bridgehead atoms. The van der Waals surface area contributed by atoms with E-state index in [9.17, 15) is 4.79 Å². The van der Waals surface area contributed by atoms with Crippen molar-refractivity contribution in [2.24, 2.45) is 5.92 Å². The molecule has 2 N–H and O–H groups in total. The van der Waals surface area contributed by atoms with Crippen LogP contribution in [-0.4, -0.2) is 26.2 Å². The number of fused-ring (bicyclic) bond motifs is 1. The van der Waals surface area contributed by atoms with Gasteiger partial charge in [0, 0.05) is 24.5 Å². The highest BCUT2D eigenvalue weighted by molar-refractivity contribution is 5.73. The topological polar surface area (TPSA) is 55.6 Å². The Morgan fingerprint density at radius 3 is 3.06 bits per heavy atom. The SMILES string of the molecule is COC(=O)C(C)CN1CCCc2c(N)cccc21. The van der Waals surface area contributed by atoms with Gasteiger partial charge in [-0.1, -0.05) is 13.0 Å². The first-order chi connectivity index (χ1) is 8.63. The molecule has 0 saturated carbocycles. The Labute approximate surface area is 108 Å². The zero-order valence-corrected chi connectivity index (χ0v) is 11.0. The molecule has 98 valence electrons. The van der Waals surface area contributed by atoms with Crippen molar-refractivity contribution in [1.29, 1.82) is 0 Å². The highest BCUT2D eigenvalue weighted by Gasteiger charge is 2.23. The number of hydrogen-bond acceptors (Lipinski definition) is 4. The van der Waals surface area contributed by atoms with Crippen LogP contribution >= 0.6 is 0 Å². The minimum Gasteiger partial charge on any atom is -0.469 e. The minimum absolute atomic E-state index is 0.123. The molecule has 1 aliphatic rings. The van der Waals surface area contributed by atoms with E-state index in [1.807, 2.05) is 19.1 Å². The molecular formula is C14H20N2O2. The smallest absolute Gasteiger partial charge is 0.310 e. The van der Waals surface area contributed by atoms with E-state index in [1.54, 1.807) is 0 Å². The lowest BCUT2D eigenvalue weighted by molar-refractivity contribution is -0.144. The molecule has 1 aliphatic heterocycles. The van der Waals surface area contributed by atoms with E-state index >= 15 is 0 Å². The number of anilines is 2. The first-order valence-corrected chi connectivity index (χ1v) is 6.33. The van der Waals surface area contributed by atoms with E-state index in [0.717, 1.165) is 30.8 Å². The Bertz CT molecular complexity index is 445. The number of rotatable bonds is 3. The van der Waals surface area contributed by atoms with Gasteiger partial charge in [-0.2, -0.15) is 0 Å². The molecule has 0 radical (unpaired) electrons. The van der Waals surface area contributed by atoms with Crippen molar-refractivity contribution in [3.05, 3.63) is 23.8 Å². The van der Waals surface area contributed by atoms with Crippen molar-refractivity contribution in [2.75, 3.05) is 30.8 Å². The average Bonchev–Trinajstić information content (AvgIpc) is 2.39. The van der Waals surface area contributed by atoms with Crippen LogP contribution in [0.4, 0.5) is 11.4 Å². The summed E-state index contributed by atoms with van der Waals surface area (Å²) in [5.41, 5.74) is 9.22. The Kier molecular flexibility index (Phi) is 3.75. The lowest BCUT2D eigenvalue weighted by atomic mass is 9.98. The van der Waals surface area contributed by atoms with Crippen LogP contribution in [0.1, 0.15) is 18.9 Å². The molecule has 2 rings (SSSR count). The summed E-state index contributed by atoms with van der Waals surface area (Å²) in [6.45, 7) is 3.55. The maximum atomic E-state index is 11.5. The number of esters is 1. The quantitative estimate of drug-likeness (QED) is 0.655. The Balaban J connectivity index is 2.18. The van der Waals surface area contributed by atoms with Crippen LogP contribution in [0.25, 0.3) is 0 Å². The summed E-state index contributed by atoms with van der Waals surface area (Å²) in [7, 11) is 1.43. The second-order valence-corrected chi connectivity index (χ2v) is 4.82. The summed E-state index contributed by atoms with van der Waals surface area (Å²) >= 11 is 0. The van der Waals surface area contributed by atoms with Crippen LogP contribution in [0.2, 0.25) is 0 Å². The summed E-state index contributed by atoms with van der Waals surface area (Å²) in [6, 6.07) is 5.98. The fourth-order valence-corrected chi connectivity index (χ4v) is 2.52. The van der Waals surface area contributed by atoms with Gasteiger partial charge < -0.3 is 15.4 Å². The van der Waals surface area contributed by atoms with Crippen LogP contribution in [0, 0.1) is 5.92 Å². The lowest BCUT2D eigenvalue weighted by Gasteiger charge is -2.33. The fraction of sp³-hybridized carbons (Fsp3) is 0.500. The zero-order valence-electron chi connectivity index (χ0n) is 11.0. The number of carbonyl (C=O) groups is 1. The Hall–Kier alpha value is -1.71. The molecule has 0 fully saturated rings. The number of carbonyl (C=O) groups excluding carboxylic acids is 1. The van der Waals surface area contributed by atoms with Gasteiger partial charge in [-0.3, -0.25) is 4.79 Å². The van der Waals surface area contributed by atoms with Crippen molar-refractivity contribution < 1.29 is 9.53 Å². The highest BCUT2D eigenvalue weighted by Crippen LogP contribution is 2.31. The van der Waals surface area contributed by atoms with Gasteiger partial charge in [-0.05, 0) is 30.5 Å². The number of methoxy groups -OCH3 is 1. The standard InChI is InChI=1S/C14H20N2O2/c1-10(14(17)18-2)9-16-8-4-5-11-12(15)6-3-7-13(11)16/h3,6-7,10H,4-5,8-9,15H2,1-2H3. The van der Waals surface area contributed by atoms with Crippen molar-refractivity contribution >= 4 is 17.3 Å². The summed E-state index contributed by atoms with van der Waals surface area (Å²) in [5, 5.41) is 0. The first kappa shape index (κ1) is 12.7. The average molecular weight is 248 g/mol. The van der Waals surface area contributed by atoms with Crippen molar-refractivity contribution in [1.82, 2.24) is 0 Å². The molecule has 0 saturated heterocycles. The maximum absolute atomic E-state index is 11.5. The van der Waals surface area contributed by atoms with Crippen molar-refractivity contribution in [3.63, 3.8) is 0 Å². The predicted molar refractivity (Wildman–Crippen MR) is 72.6 cm³/mol. The van der Waals surface area contributed by atoms with E-state index in [2.05, 4.69) is 11.0 Å². The van der Waals surface area contributed by atoms with E-state index in [1.165, 1.54) is 12.7 Å². The number of nitrogens with zero attached hydrogens (tertiary/aromatic N) is 1. The number of hydrogen-bond donors (Lipinski definition) is 1. The normalized spacial score (nSPS) is 16.0. The number of nitrogen functional groups attached to an aromatic ring is 1. The van der Waals surface area contributed by atoms with Crippen LogP contribution in [0.3, 0.4) is 0 Å². The zero-order chi connectivity index (χ0) is 13.1. The monoisotopic (exact) mass is 248 g/mol. The Morgan fingerprint density at radius 2 is 2.33 bits per heavy atom. The van der Waals surface area contributed by atoms with E-state index in [4.69, 9.17) is 10.5 Å². The largest absolute Gasteiger partial charge is 0.469 e. The van der Waals surface area contributed by atoms with Crippen LogP contribution in [0.15, 0.2) is 18.2 Å².